The normalized spacial score (nSPS) is 10.3. The molecule has 1 aromatic rings. The Kier molecular flexibility index (Phi) is 6.28. The van der Waals surface area contributed by atoms with Gasteiger partial charge in [0.05, 0.1) is 7.11 Å². The maximum atomic E-state index is 5.10. The number of rotatable bonds is 7. The van der Waals surface area contributed by atoms with Crippen molar-refractivity contribution in [1.29, 1.82) is 0 Å². The fraction of sp³-hybridized carbons (Fsp3) is 0.500. The lowest BCUT2D eigenvalue weighted by atomic mass is 10.3. The molecule has 0 saturated heterocycles. The highest BCUT2D eigenvalue weighted by Gasteiger charge is 1.95. The molecule has 0 radical (unpaired) electrons. The van der Waals surface area contributed by atoms with Crippen LogP contribution in [0.15, 0.2) is 29.2 Å². The minimum absolute atomic E-state index is 0.864. The van der Waals surface area contributed by atoms with Crippen LogP contribution in [0.25, 0.3) is 0 Å². The molecule has 3 heteroatoms. The molecule has 0 atom stereocenters. The molecule has 0 unspecified atom stereocenters. The van der Waals surface area contributed by atoms with Crippen molar-refractivity contribution in [2.45, 2.75) is 17.7 Å². The van der Waals surface area contributed by atoms with Gasteiger partial charge in [-0.05, 0) is 42.9 Å². The highest BCUT2D eigenvalue weighted by molar-refractivity contribution is 7.99. The molecule has 0 aliphatic carbocycles. The Bertz CT molecular complexity index is 259. The van der Waals surface area contributed by atoms with Crippen LogP contribution in [0.5, 0.6) is 5.75 Å². The van der Waals surface area contributed by atoms with E-state index in [0.717, 1.165) is 24.5 Å². The number of thioether (sulfide) groups is 1. The molecule has 0 N–H and O–H groups in total. The van der Waals surface area contributed by atoms with Crippen LogP contribution in [-0.2, 0) is 4.74 Å². The molecule has 0 aliphatic heterocycles. The van der Waals surface area contributed by atoms with Gasteiger partial charge in [-0.25, -0.2) is 0 Å². The topological polar surface area (TPSA) is 18.5 Å². The van der Waals surface area contributed by atoms with E-state index in [0.29, 0.717) is 0 Å². The minimum atomic E-state index is 0.864. The summed E-state index contributed by atoms with van der Waals surface area (Å²) in [7, 11) is 3.43. The summed E-state index contributed by atoms with van der Waals surface area (Å²) in [5.74, 6) is 2.06. The second-order valence-corrected chi connectivity index (χ2v) is 4.39. The number of methoxy groups -OCH3 is 2. The zero-order valence-electron chi connectivity index (χ0n) is 9.36. The number of benzene rings is 1. The second kappa shape index (κ2) is 7.60. The van der Waals surface area contributed by atoms with E-state index in [2.05, 4.69) is 12.1 Å². The van der Waals surface area contributed by atoms with E-state index in [4.69, 9.17) is 9.47 Å². The van der Waals surface area contributed by atoms with Crippen molar-refractivity contribution in [3.63, 3.8) is 0 Å². The molecule has 0 fully saturated rings. The molecule has 2 nitrogen and oxygen atoms in total. The average Bonchev–Trinajstić information content (AvgIpc) is 2.30. The summed E-state index contributed by atoms with van der Waals surface area (Å²) in [6, 6.07) is 8.19. The molecule has 15 heavy (non-hydrogen) atoms. The van der Waals surface area contributed by atoms with Gasteiger partial charge in [0.15, 0.2) is 0 Å². The third-order valence-electron chi connectivity index (χ3n) is 2.07. The summed E-state index contributed by atoms with van der Waals surface area (Å²) in [5.41, 5.74) is 0. The number of hydrogen-bond donors (Lipinski definition) is 0. The minimum Gasteiger partial charge on any atom is -0.497 e. The zero-order valence-corrected chi connectivity index (χ0v) is 10.2. The maximum absolute atomic E-state index is 5.10. The molecule has 1 rings (SSSR count). The predicted molar refractivity (Wildman–Crippen MR) is 64.8 cm³/mol. The maximum Gasteiger partial charge on any atom is 0.118 e. The molecular weight excluding hydrogens is 208 g/mol. The van der Waals surface area contributed by atoms with Crippen molar-refractivity contribution >= 4 is 11.8 Å². The molecule has 0 aliphatic rings. The van der Waals surface area contributed by atoms with Crippen LogP contribution in [-0.4, -0.2) is 26.6 Å². The summed E-state index contributed by atoms with van der Waals surface area (Å²) in [5, 5.41) is 0. The van der Waals surface area contributed by atoms with E-state index in [1.54, 1.807) is 14.2 Å². The van der Waals surface area contributed by atoms with Crippen LogP contribution < -0.4 is 4.74 Å². The van der Waals surface area contributed by atoms with Crippen LogP contribution in [0.1, 0.15) is 12.8 Å². The monoisotopic (exact) mass is 226 g/mol. The molecule has 0 amide bonds. The molecule has 0 saturated carbocycles. The molecule has 1 aromatic carbocycles. The third-order valence-corrected chi connectivity index (χ3v) is 3.17. The zero-order chi connectivity index (χ0) is 10.9. The third kappa shape index (κ3) is 5.09. The lowest BCUT2D eigenvalue weighted by Gasteiger charge is -2.03. The molecule has 84 valence electrons. The van der Waals surface area contributed by atoms with Crippen molar-refractivity contribution in [3.8, 4) is 5.75 Å². The van der Waals surface area contributed by atoms with Crippen molar-refractivity contribution in [3.05, 3.63) is 24.3 Å². The summed E-state index contributed by atoms with van der Waals surface area (Å²) in [4.78, 5) is 1.30. The Labute approximate surface area is 96.0 Å². The van der Waals surface area contributed by atoms with Crippen molar-refractivity contribution in [2.75, 3.05) is 26.6 Å². The lowest BCUT2D eigenvalue weighted by Crippen LogP contribution is -1.89. The summed E-state index contributed by atoms with van der Waals surface area (Å²) in [6.45, 7) is 0.864. The van der Waals surface area contributed by atoms with E-state index in [1.165, 1.54) is 11.3 Å². The van der Waals surface area contributed by atoms with Gasteiger partial charge in [0, 0.05) is 18.6 Å². The first-order chi connectivity index (χ1) is 7.36. The number of ether oxygens (including phenoxy) is 2. The van der Waals surface area contributed by atoms with Gasteiger partial charge < -0.3 is 9.47 Å². The van der Waals surface area contributed by atoms with Crippen LogP contribution in [0.3, 0.4) is 0 Å². The van der Waals surface area contributed by atoms with Gasteiger partial charge in [-0.1, -0.05) is 0 Å². The van der Waals surface area contributed by atoms with E-state index in [-0.39, 0.29) is 0 Å². The van der Waals surface area contributed by atoms with E-state index in [9.17, 15) is 0 Å². The molecule has 0 aromatic heterocycles. The van der Waals surface area contributed by atoms with E-state index in [1.807, 2.05) is 23.9 Å². The Morgan fingerprint density at radius 3 is 2.40 bits per heavy atom. The number of hydrogen-bond acceptors (Lipinski definition) is 3. The first-order valence-electron chi connectivity index (χ1n) is 5.12. The van der Waals surface area contributed by atoms with Crippen molar-refractivity contribution < 1.29 is 9.47 Å². The molecule has 0 bridgehead atoms. The van der Waals surface area contributed by atoms with Gasteiger partial charge in [0.2, 0.25) is 0 Å². The fourth-order valence-electron chi connectivity index (χ4n) is 1.21. The quantitative estimate of drug-likeness (QED) is 0.525. The van der Waals surface area contributed by atoms with Crippen LogP contribution >= 0.6 is 11.8 Å². The second-order valence-electron chi connectivity index (χ2n) is 3.22. The Morgan fingerprint density at radius 2 is 1.80 bits per heavy atom. The highest BCUT2D eigenvalue weighted by Crippen LogP contribution is 2.22. The van der Waals surface area contributed by atoms with Gasteiger partial charge in [0.25, 0.3) is 0 Å². The Morgan fingerprint density at radius 1 is 1.07 bits per heavy atom. The first kappa shape index (κ1) is 12.4. The smallest absolute Gasteiger partial charge is 0.118 e. The first-order valence-corrected chi connectivity index (χ1v) is 6.11. The summed E-state index contributed by atoms with van der Waals surface area (Å²) in [6.07, 6.45) is 2.34. The van der Waals surface area contributed by atoms with E-state index >= 15 is 0 Å². The fourth-order valence-corrected chi connectivity index (χ4v) is 2.12. The van der Waals surface area contributed by atoms with Gasteiger partial charge in [-0.3, -0.25) is 0 Å². The largest absolute Gasteiger partial charge is 0.497 e. The van der Waals surface area contributed by atoms with Gasteiger partial charge in [0.1, 0.15) is 5.75 Å². The van der Waals surface area contributed by atoms with Crippen molar-refractivity contribution in [2.24, 2.45) is 0 Å². The van der Waals surface area contributed by atoms with Crippen LogP contribution in [0, 0.1) is 0 Å². The van der Waals surface area contributed by atoms with Crippen LogP contribution in [0.4, 0.5) is 0 Å². The highest BCUT2D eigenvalue weighted by atomic mass is 32.2. The lowest BCUT2D eigenvalue weighted by molar-refractivity contribution is 0.194. The molecule has 0 heterocycles. The number of unbranched alkanes of at least 4 members (excludes halogenated alkanes) is 1. The van der Waals surface area contributed by atoms with Gasteiger partial charge >= 0.3 is 0 Å². The summed E-state index contributed by atoms with van der Waals surface area (Å²) >= 11 is 1.88. The molecule has 0 spiro atoms. The van der Waals surface area contributed by atoms with Crippen molar-refractivity contribution in [1.82, 2.24) is 0 Å². The molecular formula is C12H18O2S. The summed E-state index contributed by atoms with van der Waals surface area (Å²) < 4.78 is 10.1. The predicted octanol–water partition coefficient (Wildman–Crippen LogP) is 3.21. The SMILES string of the molecule is COCCCCSc1ccc(OC)cc1. The Hall–Kier alpha value is -0.670. The Balaban J connectivity index is 2.20. The van der Waals surface area contributed by atoms with Crippen LogP contribution in [0.2, 0.25) is 0 Å². The average molecular weight is 226 g/mol. The van der Waals surface area contributed by atoms with E-state index < -0.39 is 0 Å². The van der Waals surface area contributed by atoms with Gasteiger partial charge in [-0.15, -0.1) is 11.8 Å². The van der Waals surface area contributed by atoms with Gasteiger partial charge in [-0.2, -0.15) is 0 Å². The standard InChI is InChI=1S/C12H18O2S/c1-13-9-3-4-10-15-12-7-5-11(14-2)6-8-12/h5-8H,3-4,9-10H2,1-2H3.